The van der Waals surface area contributed by atoms with Gasteiger partial charge in [0.05, 0.1) is 11.3 Å². The lowest BCUT2D eigenvalue weighted by molar-refractivity contribution is 0.588. The van der Waals surface area contributed by atoms with E-state index in [4.69, 9.17) is 6.57 Å². The molecule has 2 aromatic carbocycles. The molecule has 0 bridgehead atoms. The van der Waals surface area contributed by atoms with Crippen LogP contribution in [0, 0.1) is 12.4 Å². The molecule has 0 aliphatic rings. The minimum absolute atomic E-state index is 0.210. The zero-order valence-electron chi connectivity index (χ0n) is 10.5. The summed E-state index contributed by atoms with van der Waals surface area (Å²) >= 11 is 0. The van der Waals surface area contributed by atoms with Crippen molar-refractivity contribution in [1.82, 2.24) is 0 Å². The van der Waals surface area contributed by atoms with Crippen molar-refractivity contribution in [2.45, 2.75) is 11.1 Å². The Bertz CT molecular complexity index is 719. The highest BCUT2D eigenvalue weighted by atomic mass is 32.2. The Balaban J connectivity index is 2.31. The first-order valence-corrected chi connectivity index (χ1v) is 7.62. The van der Waals surface area contributed by atoms with Gasteiger partial charge in [0.2, 0.25) is 9.84 Å². The molecule has 0 saturated carbocycles. The second-order valence-electron chi connectivity index (χ2n) is 4.33. The van der Waals surface area contributed by atoms with Crippen molar-refractivity contribution in [1.29, 1.82) is 0 Å². The molecule has 0 fully saturated rings. The van der Waals surface area contributed by atoms with Gasteiger partial charge in [-0.3, -0.25) is 4.85 Å². The molecule has 0 heterocycles. The molecule has 0 aliphatic carbocycles. The molecule has 1 unspecified atom stereocenters. The van der Waals surface area contributed by atoms with Crippen molar-refractivity contribution in [3.05, 3.63) is 83.0 Å². The highest BCUT2D eigenvalue weighted by Gasteiger charge is 2.32. The quantitative estimate of drug-likeness (QED) is 0.810. The number of nitrogens with zero attached hydrogens (tertiary/aromatic N) is 1. The van der Waals surface area contributed by atoms with Crippen LogP contribution in [0.1, 0.15) is 16.5 Å². The number of halogens is 1. The summed E-state index contributed by atoms with van der Waals surface area (Å²) in [6.07, 6.45) is 0. The lowest BCUT2D eigenvalue weighted by atomic mass is 10.2. The summed E-state index contributed by atoms with van der Waals surface area (Å²) in [7, 11) is -3.67. The first-order chi connectivity index (χ1) is 9.53. The van der Waals surface area contributed by atoms with Gasteiger partial charge >= 0.3 is 5.37 Å². The molecule has 5 heteroatoms. The Labute approximate surface area is 117 Å². The second kappa shape index (κ2) is 5.85. The first kappa shape index (κ1) is 14.2. The van der Waals surface area contributed by atoms with E-state index in [0.29, 0.717) is 5.56 Å². The lowest BCUT2D eigenvalue weighted by Gasteiger charge is -2.08. The van der Waals surface area contributed by atoms with Gasteiger partial charge in [0.15, 0.2) is 0 Å². The molecule has 0 aromatic heterocycles. The molecule has 102 valence electrons. The van der Waals surface area contributed by atoms with Gasteiger partial charge in [0.1, 0.15) is 5.82 Å². The van der Waals surface area contributed by atoms with Gasteiger partial charge in [-0.05, 0) is 29.8 Å². The maximum Gasteiger partial charge on any atom is 0.346 e. The Morgan fingerprint density at radius 2 is 1.65 bits per heavy atom. The zero-order valence-corrected chi connectivity index (χ0v) is 11.3. The van der Waals surface area contributed by atoms with Crippen LogP contribution in [0.25, 0.3) is 4.85 Å². The first-order valence-electron chi connectivity index (χ1n) is 5.90. The summed E-state index contributed by atoms with van der Waals surface area (Å²) in [6, 6.07) is 13.7. The number of hydrogen-bond donors (Lipinski definition) is 0. The van der Waals surface area contributed by atoms with E-state index in [1.54, 1.807) is 30.3 Å². The van der Waals surface area contributed by atoms with Gasteiger partial charge < -0.3 is 0 Å². The molecule has 0 amide bonds. The number of rotatable bonds is 4. The predicted octanol–water partition coefficient (Wildman–Crippen LogP) is 3.36. The number of hydrogen-bond acceptors (Lipinski definition) is 2. The van der Waals surface area contributed by atoms with Gasteiger partial charge in [0, 0.05) is 0 Å². The van der Waals surface area contributed by atoms with Crippen LogP contribution in [0.4, 0.5) is 4.39 Å². The van der Waals surface area contributed by atoms with E-state index in [1.165, 1.54) is 12.1 Å². The summed E-state index contributed by atoms with van der Waals surface area (Å²) in [4.78, 5) is 3.20. The average Bonchev–Trinajstić information content (AvgIpc) is 2.42. The summed E-state index contributed by atoms with van der Waals surface area (Å²) < 4.78 is 37.5. The van der Waals surface area contributed by atoms with Crippen LogP contribution in [-0.2, 0) is 15.6 Å². The highest BCUT2D eigenvalue weighted by molar-refractivity contribution is 7.91. The maximum absolute atomic E-state index is 12.9. The van der Waals surface area contributed by atoms with Crippen LogP contribution in [0.15, 0.2) is 54.6 Å². The summed E-state index contributed by atoms with van der Waals surface area (Å²) in [5, 5.41) is -1.30. The van der Waals surface area contributed by atoms with Crippen LogP contribution < -0.4 is 0 Å². The summed E-state index contributed by atoms with van der Waals surface area (Å²) in [5.41, 5.74) is 0.917. The normalized spacial score (nSPS) is 12.6. The van der Waals surface area contributed by atoms with Gasteiger partial charge in [-0.1, -0.05) is 30.3 Å². The van der Waals surface area contributed by atoms with E-state index in [-0.39, 0.29) is 11.3 Å². The summed E-state index contributed by atoms with van der Waals surface area (Å²) in [5.74, 6) is -0.670. The molecular weight excluding hydrogens is 277 g/mol. The predicted molar refractivity (Wildman–Crippen MR) is 74.8 cm³/mol. The van der Waals surface area contributed by atoms with E-state index < -0.39 is 21.0 Å². The third-order valence-electron chi connectivity index (χ3n) is 2.82. The number of sulfone groups is 1. The highest BCUT2D eigenvalue weighted by Crippen LogP contribution is 2.27. The SMILES string of the molecule is [C-]#[N+]C(c1ccc(F)cc1)S(=O)(=O)Cc1ccccc1. The third-order valence-corrected chi connectivity index (χ3v) is 4.62. The van der Waals surface area contributed by atoms with Crippen molar-refractivity contribution in [2.75, 3.05) is 0 Å². The van der Waals surface area contributed by atoms with E-state index >= 15 is 0 Å². The topological polar surface area (TPSA) is 38.5 Å². The molecule has 0 N–H and O–H groups in total. The second-order valence-corrected chi connectivity index (χ2v) is 6.39. The smallest absolute Gasteiger partial charge is 0.291 e. The molecule has 0 spiro atoms. The molecule has 2 aromatic rings. The van der Waals surface area contributed by atoms with Crippen LogP contribution in [0.2, 0.25) is 0 Å². The number of benzene rings is 2. The monoisotopic (exact) mass is 289 g/mol. The van der Waals surface area contributed by atoms with Crippen LogP contribution >= 0.6 is 0 Å². The molecule has 0 aliphatic heterocycles. The molecule has 20 heavy (non-hydrogen) atoms. The maximum atomic E-state index is 12.9. The van der Waals surface area contributed by atoms with E-state index in [9.17, 15) is 12.8 Å². The van der Waals surface area contributed by atoms with Crippen molar-refractivity contribution in [3.63, 3.8) is 0 Å². The van der Waals surface area contributed by atoms with Crippen molar-refractivity contribution in [3.8, 4) is 0 Å². The van der Waals surface area contributed by atoms with Crippen LogP contribution in [0.5, 0.6) is 0 Å². The van der Waals surface area contributed by atoms with E-state index in [1.807, 2.05) is 0 Å². The minimum atomic E-state index is -3.67. The van der Waals surface area contributed by atoms with E-state index in [2.05, 4.69) is 4.85 Å². The van der Waals surface area contributed by atoms with Gasteiger partial charge in [-0.2, -0.15) is 0 Å². The van der Waals surface area contributed by atoms with Gasteiger partial charge in [0.25, 0.3) is 0 Å². The van der Waals surface area contributed by atoms with Crippen molar-refractivity contribution < 1.29 is 12.8 Å². The Hall–Kier alpha value is -2.19. The standard InChI is InChI=1S/C15H12FNO2S/c1-17-15(13-7-9-14(16)10-8-13)20(18,19)11-12-5-3-2-4-6-12/h2-10,15H,11H2. The fourth-order valence-corrected chi connectivity index (χ4v) is 3.42. The van der Waals surface area contributed by atoms with Crippen molar-refractivity contribution >= 4 is 9.84 Å². The van der Waals surface area contributed by atoms with Gasteiger partial charge in [-0.15, -0.1) is 0 Å². The minimum Gasteiger partial charge on any atom is -0.291 e. The molecule has 0 saturated heterocycles. The molecule has 1 atom stereocenters. The fourth-order valence-electron chi connectivity index (χ4n) is 1.88. The zero-order chi connectivity index (χ0) is 14.6. The molecule has 0 radical (unpaired) electrons. The van der Waals surface area contributed by atoms with Crippen LogP contribution in [-0.4, -0.2) is 8.42 Å². The largest absolute Gasteiger partial charge is 0.346 e. The Morgan fingerprint density at radius 1 is 1.05 bits per heavy atom. The molecular formula is C15H12FNO2S. The van der Waals surface area contributed by atoms with Crippen LogP contribution in [0.3, 0.4) is 0 Å². The average molecular weight is 289 g/mol. The Morgan fingerprint density at radius 3 is 2.20 bits per heavy atom. The van der Waals surface area contributed by atoms with Gasteiger partial charge in [-0.25, -0.2) is 19.4 Å². The summed E-state index contributed by atoms with van der Waals surface area (Å²) in [6.45, 7) is 7.12. The van der Waals surface area contributed by atoms with E-state index in [0.717, 1.165) is 12.1 Å². The molecule has 3 nitrogen and oxygen atoms in total. The lowest BCUT2D eigenvalue weighted by Crippen LogP contribution is -2.12. The Kier molecular flexibility index (Phi) is 4.16. The third kappa shape index (κ3) is 3.22. The fraction of sp³-hybridized carbons (Fsp3) is 0.133. The van der Waals surface area contributed by atoms with Crippen molar-refractivity contribution in [2.24, 2.45) is 0 Å². The molecule has 2 rings (SSSR count).